The molecule has 2 nitrogen and oxygen atoms in total. The fraction of sp³-hybridized carbons (Fsp3) is 0.609. The molecule has 0 spiro atoms. The quantitative estimate of drug-likeness (QED) is 0.508. The molecule has 5 unspecified atom stereocenters. The zero-order valence-corrected chi connectivity index (χ0v) is 15.2. The topological polar surface area (TPSA) is 26.3 Å². The van der Waals surface area contributed by atoms with Crippen molar-refractivity contribution in [2.75, 3.05) is 0 Å². The van der Waals surface area contributed by atoms with Gasteiger partial charge in [0.1, 0.15) is 5.60 Å². The van der Waals surface area contributed by atoms with Crippen LogP contribution in [-0.2, 0) is 15.1 Å². The van der Waals surface area contributed by atoms with Gasteiger partial charge in [-0.15, -0.1) is 0 Å². The standard InChI is InChI=1S/C23H28O2/c1-23(15-9-3-2-4-10-15)21-19-14-8-6-12-17(19)16-11-5-7-13-18(16)20(21)22(24)25-23/h2-4,9-10,18-21H,5-8,11-14H2,1H3. The summed E-state index contributed by atoms with van der Waals surface area (Å²) >= 11 is 0. The van der Waals surface area contributed by atoms with Gasteiger partial charge in [-0.25, -0.2) is 0 Å². The van der Waals surface area contributed by atoms with Crippen molar-refractivity contribution in [3.8, 4) is 0 Å². The lowest BCUT2D eigenvalue weighted by Crippen LogP contribution is -2.45. The number of hydrogen-bond donors (Lipinski definition) is 0. The number of esters is 1. The second kappa shape index (κ2) is 5.72. The monoisotopic (exact) mass is 336 g/mol. The number of ether oxygens (including phenoxy) is 1. The second-order valence-corrected chi connectivity index (χ2v) is 8.70. The molecule has 25 heavy (non-hydrogen) atoms. The Morgan fingerprint density at radius 1 is 0.920 bits per heavy atom. The van der Waals surface area contributed by atoms with Crippen molar-refractivity contribution in [2.24, 2.45) is 23.7 Å². The minimum Gasteiger partial charge on any atom is -0.454 e. The molecule has 2 heteroatoms. The smallest absolute Gasteiger partial charge is 0.310 e. The Labute approximate surface area is 150 Å². The molecule has 1 heterocycles. The Balaban J connectivity index is 1.66. The highest BCUT2D eigenvalue weighted by atomic mass is 16.6. The molecule has 3 aliphatic carbocycles. The van der Waals surface area contributed by atoms with E-state index in [-0.39, 0.29) is 11.9 Å². The molecule has 0 amide bonds. The van der Waals surface area contributed by atoms with Crippen molar-refractivity contribution < 1.29 is 9.53 Å². The normalized spacial score (nSPS) is 40.1. The third kappa shape index (κ3) is 2.19. The van der Waals surface area contributed by atoms with Crippen LogP contribution in [0.3, 0.4) is 0 Å². The minimum absolute atomic E-state index is 0.0744. The summed E-state index contributed by atoms with van der Waals surface area (Å²) in [4.78, 5) is 13.1. The maximum Gasteiger partial charge on any atom is 0.310 e. The average molecular weight is 336 g/mol. The minimum atomic E-state index is -0.459. The fourth-order valence-electron chi connectivity index (χ4n) is 6.57. The van der Waals surface area contributed by atoms with Gasteiger partial charge in [0, 0.05) is 5.92 Å². The molecule has 0 aromatic heterocycles. The van der Waals surface area contributed by atoms with Gasteiger partial charge in [-0.2, -0.15) is 0 Å². The van der Waals surface area contributed by atoms with Crippen molar-refractivity contribution in [2.45, 2.75) is 63.9 Å². The Morgan fingerprint density at radius 2 is 1.56 bits per heavy atom. The summed E-state index contributed by atoms with van der Waals surface area (Å²) in [6.45, 7) is 2.19. The van der Waals surface area contributed by atoms with Gasteiger partial charge in [0.25, 0.3) is 0 Å². The lowest BCUT2D eigenvalue weighted by atomic mass is 9.54. The van der Waals surface area contributed by atoms with Gasteiger partial charge in [-0.05, 0) is 62.8 Å². The van der Waals surface area contributed by atoms with Gasteiger partial charge in [0.15, 0.2) is 0 Å². The third-order valence-electron chi connectivity index (χ3n) is 7.55. The summed E-state index contributed by atoms with van der Waals surface area (Å²) in [7, 11) is 0. The molecule has 4 aliphatic rings. The van der Waals surface area contributed by atoms with Gasteiger partial charge >= 0.3 is 5.97 Å². The molecule has 1 aromatic rings. The average Bonchev–Trinajstić information content (AvgIpc) is 2.95. The predicted molar refractivity (Wildman–Crippen MR) is 97.8 cm³/mol. The Kier molecular flexibility index (Phi) is 3.59. The molecule has 1 aromatic carbocycles. The van der Waals surface area contributed by atoms with Gasteiger partial charge in [0.2, 0.25) is 0 Å². The SMILES string of the molecule is CC1(c2ccccc2)OC(=O)C2C3CCCCC3=C3CCCCC3C21. The Bertz CT molecular complexity index is 719. The number of hydrogen-bond acceptors (Lipinski definition) is 2. The molecule has 132 valence electrons. The first-order chi connectivity index (χ1) is 12.2. The number of fused-ring (bicyclic) bond motifs is 5. The van der Waals surface area contributed by atoms with E-state index in [1.807, 2.05) is 6.07 Å². The Hall–Kier alpha value is -1.57. The summed E-state index contributed by atoms with van der Waals surface area (Å²) in [5.41, 5.74) is 4.13. The van der Waals surface area contributed by atoms with Crippen LogP contribution in [0.4, 0.5) is 0 Å². The first-order valence-electron chi connectivity index (χ1n) is 10.2. The van der Waals surface area contributed by atoms with E-state index >= 15 is 0 Å². The van der Waals surface area contributed by atoms with Gasteiger partial charge in [0.05, 0.1) is 5.92 Å². The lowest BCUT2D eigenvalue weighted by Gasteiger charge is -2.48. The Morgan fingerprint density at radius 3 is 2.28 bits per heavy atom. The van der Waals surface area contributed by atoms with Crippen LogP contribution in [-0.4, -0.2) is 5.97 Å². The molecular weight excluding hydrogens is 308 g/mol. The maximum atomic E-state index is 13.1. The molecule has 1 aliphatic heterocycles. The van der Waals surface area contributed by atoms with Crippen molar-refractivity contribution in [1.82, 2.24) is 0 Å². The van der Waals surface area contributed by atoms with Crippen LogP contribution in [0.2, 0.25) is 0 Å². The van der Waals surface area contributed by atoms with E-state index < -0.39 is 5.60 Å². The van der Waals surface area contributed by atoms with Crippen LogP contribution in [0.5, 0.6) is 0 Å². The third-order valence-corrected chi connectivity index (χ3v) is 7.55. The first kappa shape index (κ1) is 15.7. The van der Waals surface area contributed by atoms with Crippen molar-refractivity contribution in [3.05, 3.63) is 47.0 Å². The molecule has 3 fully saturated rings. The second-order valence-electron chi connectivity index (χ2n) is 8.70. The van der Waals surface area contributed by atoms with E-state index in [1.165, 1.54) is 56.9 Å². The maximum absolute atomic E-state index is 13.1. The van der Waals surface area contributed by atoms with Gasteiger partial charge in [-0.3, -0.25) is 4.79 Å². The van der Waals surface area contributed by atoms with Crippen molar-refractivity contribution in [1.29, 1.82) is 0 Å². The van der Waals surface area contributed by atoms with Crippen LogP contribution in [0.1, 0.15) is 63.9 Å². The fourth-order valence-corrected chi connectivity index (χ4v) is 6.57. The van der Waals surface area contributed by atoms with E-state index in [0.717, 1.165) is 0 Å². The molecule has 0 bridgehead atoms. The summed E-state index contributed by atoms with van der Waals surface area (Å²) in [5.74, 6) is 1.50. The van der Waals surface area contributed by atoms with Crippen molar-refractivity contribution >= 4 is 5.97 Å². The van der Waals surface area contributed by atoms with Gasteiger partial charge in [-0.1, -0.05) is 54.3 Å². The molecule has 0 N–H and O–H groups in total. The largest absolute Gasteiger partial charge is 0.454 e. The highest BCUT2D eigenvalue weighted by Gasteiger charge is 2.62. The molecule has 5 atom stereocenters. The summed E-state index contributed by atoms with van der Waals surface area (Å²) in [6, 6.07) is 10.5. The summed E-state index contributed by atoms with van der Waals surface area (Å²) < 4.78 is 6.21. The van der Waals surface area contributed by atoms with Crippen LogP contribution in [0, 0.1) is 23.7 Å². The number of allylic oxidation sites excluding steroid dienone is 2. The highest BCUT2D eigenvalue weighted by Crippen LogP contribution is 2.61. The van der Waals surface area contributed by atoms with Crippen molar-refractivity contribution in [3.63, 3.8) is 0 Å². The number of benzene rings is 1. The molecule has 1 saturated heterocycles. The van der Waals surface area contributed by atoms with E-state index in [0.29, 0.717) is 17.8 Å². The lowest BCUT2D eigenvalue weighted by molar-refractivity contribution is -0.151. The van der Waals surface area contributed by atoms with E-state index in [1.54, 1.807) is 11.1 Å². The van der Waals surface area contributed by atoms with Crippen LogP contribution in [0.25, 0.3) is 0 Å². The number of cyclic esters (lactones) is 1. The number of carbonyl (C=O) groups excluding carboxylic acids is 1. The number of carbonyl (C=O) groups is 1. The van der Waals surface area contributed by atoms with Crippen LogP contribution in [0.15, 0.2) is 41.5 Å². The first-order valence-corrected chi connectivity index (χ1v) is 10.2. The number of rotatable bonds is 1. The van der Waals surface area contributed by atoms with Crippen LogP contribution >= 0.6 is 0 Å². The van der Waals surface area contributed by atoms with E-state index in [9.17, 15) is 4.79 Å². The predicted octanol–water partition coefficient (Wildman–Crippen LogP) is 5.38. The molecule has 0 radical (unpaired) electrons. The molecular formula is C23H28O2. The zero-order chi connectivity index (χ0) is 17.0. The zero-order valence-electron chi connectivity index (χ0n) is 15.2. The summed E-state index contributed by atoms with van der Waals surface area (Å²) in [6.07, 6.45) is 10.1. The van der Waals surface area contributed by atoms with Gasteiger partial charge < -0.3 is 4.74 Å². The molecule has 2 saturated carbocycles. The molecule has 5 rings (SSSR count). The summed E-state index contributed by atoms with van der Waals surface area (Å²) in [5, 5.41) is 0. The highest BCUT2D eigenvalue weighted by molar-refractivity contribution is 5.78. The van der Waals surface area contributed by atoms with Crippen LogP contribution < -0.4 is 0 Å². The van der Waals surface area contributed by atoms with E-state index in [4.69, 9.17) is 4.74 Å². The van der Waals surface area contributed by atoms with E-state index in [2.05, 4.69) is 31.2 Å².